The minimum absolute atomic E-state index is 0.0514. The summed E-state index contributed by atoms with van der Waals surface area (Å²) in [5, 5.41) is 0. The highest BCUT2D eigenvalue weighted by Crippen LogP contribution is 2.34. The van der Waals surface area contributed by atoms with Gasteiger partial charge in [-0.05, 0) is 23.8 Å². The minimum atomic E-state index is -0.259. The van der Waals surface area contributed by atoms with Gasteiger partial charge in [-0.2, -0.15) is 0 Å². The van der Waals surface area contributed by atoms with Crippen molar-refractivity contribution in [2.75, 3.05) is 0 Å². The van der Waals surface area contributed by atoms with Gasteiger partial charge in [0, 0.05) is 12.1 Å². The second-order valence-corrected chi connectivity index (χ2v) is 3.88. The Kier molecular flexibility index (Phi) is 1.89. The highest BCUT2D eigenvalue weighted by atomic mass is 19.1. The molecule has 3 rings (SSSR count). The molecule has 2 N–H and O–H groups in total. The van der Waals surface area contributed by atoms with E-state index in [0.29, 0.717) is 11.5 Å². The van der Waals surface area contributed by atoms with E-state index in [1.165, 1.54) is 12.2 Å². The number of fused-ring (bicyclic) bond motifs is 3. The summed E-state index contributed by atoms with van der Waals surface area (Å²) >= 11 is 0. The molecule has 0 amide bonds. The van der Waals surface area contributed by atoms with Gasteiger partial charge in [-0.25, -0.2) is 4.39 Å². The van der Waals surface area contributed by atoms with Crippen molar-refractivity contribution in [1.82, 2.24) is 4.98 Å². The van der Waals surface area contributed by atoms with E-state index in [9.17, 15) is 4.39 Å². The maximum Gasteiger partial charge on any atom is 0.145 e. The molecule has 0 saturated carbocycles. The zero-order chi connectivity index (χ0) is 11.1. The molecule has 1 aliphatic heterocycles. The summed E-state index contributed by atoms with van der Waals surface area (Å²) in [5.74, 6) is 0.178. The average Bonchev–Trinajstić information content (AvgIpc) is 2.29. The number of amidine groups is 1. The molecular formula is C12H10FN3. The number of hydrogen-bond acceptors (Lipinski definition) is 3. The van der Waals surface area contributed by atoms with Gasteiger partial charge in [0.1, 0.15) is 17.4 Å². The molecule has 3 nitrogen and oxygen atoms in total. The van der Waals surface area contributed by atoms with E-state index in [1.807, 2.05) is 18.2 Å². The van der Waals surface area contributed by atoms with Gasteiger partial charge in [0.25, 0.3) is 0 Å². The molecule has 1 aliphatic carbocycles. The number of nitrogens with zero attached hydrogens (tertiary/aromatic N) is 2. The largest absolute Gasteiger partial charge is 0.382 e. The van der Waals surface area contributed by atoms with Crippen molar-refractivity contribution >= 4 is 5.84 Å². The zero-order valence-electron chi connectivity index (χ0n) is 8.47. The molecule has 0 saturated heterocycles. The fraction of sp³-hybridized carbons (Fsp3) is 0.167. The first-order valence-electron chi connectivity index (χ1n) is 5.10. The number of hydrogen-bond donors (Lipinski definition) is 1. The number of aliphatic imine (C=N–C) groups is 1. The fourth-order valence-corrected chi connectivity index (χ4v) is 2.16. The summed E-state index contributed by atoms with van der Waals surface area (Å²) in [6.07, 6.45) is 6.46. The van der Waals surface area contributed by atoms with Crippen molar-refractivity contribution in [3.8, 4) is 0 Å². The lowest BCUT2D eigenvalue weighted by Crippen LogP contribution is -2.30. The van der Waals surface area contributed by atoms with Crippen LogP contribution in [0.1, 0.15) is 17.2 Å². The van der Waals surface area contributed by atoms with Gasteiger partial charge in [0.15, 0.2) is 0 Å². The maximum absolute atomic E-state index is 13.1. The van der Waals surface area contributed by atoms with E-state index in [2.05, 4.69) is 9.98 Å². The molecule has 1 aromatic heterocycles. The first kappa shape index (κ1) is 9.27. The van der Waals surface area contributed by atoms with Crippen LogP contribution in [0.2, 0.25) is 0 Å². The van der Waals surface area contributed by atoms with Crippen LogP contribution in [0.4, 0.5) is 4.39 Å². The summed E-state index contributed by atoms with van der Waals surface area (Å²) in [4.78, 5) is 8.47. The summed E-state index contributed by atoms with van der Waals surface area (Å²) in [5.41, 5.74) is 7.54. The first-order valence-corrected chi connectivity index (χ1v) is 5.10. The number of aromatic nitrogens is 1. The number of allylic oxidation sites excluding steroid dienone is 2. The Balaban J connectivity index is 2.17. The van der Waals surface area contributed by atoms with E-state index >= 15 is 0 Å². The Hall–Kier alpha value is -1.97. The number of halogens is 1. The van der Waals surface area contributed by atoms with E-state index in [4.69, 9.17) is 5.73 Å². The van der Waals surface area contributed by atoms with Gasteiger partial charge in [-0.1, -0.05) is 12.1 Å². The highest BCUT2D eigenvalue weighted by molar-refractivity contribution is 5.98. The van der Waals surface area contributed by atoms with Crippen LogP contribution in [-0.2, 0) is 0 Å². The molecule has 2 unspecified atom stereocenters. The second-order valence-electron chi connectivity index (χ2n) is 3.88. The quantitative estimate of drug-likeness (QED) is 0.715. The summed E-state index contributed by atoms with van der Waals surface area (Å²) in [6, 6.07) is 3.58. The molecule has 0 radical (unpaired) electrons. The Morgan fingerprint density at radius 1 is 1.38 bits per heavy atom. The third kappa shape index (κ3) is 1.26. The van der Waals surface area contributed by atoms with Gasteiger partial charge >= 0.3 is 0 Å². The lowest BCUT2D eigenvalue weighted by atomic mass is 9.85. The second kappa shape index (κ2) is 3.27. The molecule has 2 aliphatic rings. The molecule has 16 heavy (non-hydrogen) atoms. The normalized spacial score (nSPS) is 26.6. The predicted octanol–water partition coefficient (Wildman–Crippen LogP) is 1.68. The molecule has 0 spiro atoms. The van der Waals surface area contributed by atoms with Gasteiger partial charge < -0.3 is 5.73 Å². The van der Waals surface area contributed by atoms with E-state index in [-0.39, 0.29) is 17.8 Å². The van der Waals surface area contributed by atoms with Gasteiger partial charge in [-0.15, -0.1) is 0 Å². The summed E-state index contributed by atoms with van der Waals surface area (Å²) in [6.45, 7) is 0. The Morgan fingerprint density at radius 2 is 2.25 bits per heavy atom. The van der Waals surface area contributed by atoms with Gasteiger partial charge in [0.05, 0.1) is 6.04 Å². The van der Waals surface area contributed by atoms with Crippen molar-refractivity contribution in [1.29, 1.82) is 0 Å². The van der Waals surface area contributed by atoms with Crippen LogP contribution in [0.15, 0.2) is 47.4 Å². The molecular weight excluding hydrogens is 205 g/mol. The number of pyridine rings is 1. The first-order chi connectivity index (χ1) is 7.75. The van der Waals surface area contributed by atoms with Crippen molar-refractivity contribution in [2.45, 2.75) is 12.0 Å². The van der Waals surface area contributed by atoms with Crippen molar-refractivity contribution < 1.29 is 4.39 Å². The van der Waals surface area contributed by atoms with E-state index in [0.717, 1.165) is 5.56 Å². The van der Waals surface area contributed by atoms with Gasteiger partial charge in [0.2, 0.25) is 0 Å². The molecule has 0 fully saturated rings. The number of rotatable bonds is 0. The Morgan fingerprint density at radius 3 is 3.12 bits per heavy atom. The van der Waals surface area contributed by atoms with Crippen LogP contribution >= 0.6 is 0 Å². The SMILES string of the molecule is NC1=NC2C=C(F)C=CC2c2cccnc21. The van der Waals surface area contributed by atoms with Crippen LogP contribution in [0.25, 0.3) is 0 Å². The number of nitrogens with two attached hydrogens (primary N) is 1. The van der Waals surface area contributed by atoms with Crippen molar-refractivity contribution in [3.05, 3.63) is 53.6 Å². The fourth-order valence-electron chi connectivity index (χ4n) is 2.16. The lowest BCUT2D eigenvalue weighted by Gasteiger charge is -2.27. The topological polar surface area (TPSA) is 51.3 Å². The van der Waals surface area contributed by atoms with Gasteiger partial charge in [-0.3, -0.25) is 9.98 Å². The van der Waals surface area contributed by atoms with Crippen LogP contribution in [-0.4, -0.2) is 16.9 Å². The lowest BCUT2D eigenvalue weighted by molar-refractivity contribution is 0.610. The monoisotopic (exact) mass is 215 g/mol. The average molecular weight is 215 g/mol. The maximum atomic E-state index is 13.1. The van der Waals surface area contributed by atoms with Crippen molar-refractivity contribution in [2.24, 2.45) is 10.7 Å². The van der Waals surface area contributed by atoms with E-state index in [1.54, 1.807) is 6.20 Å². The van der Waals surface area contributed by atoms with Crippen molar-refractivity contribution in [3.63, 3.8) is 0 Å². The summed E-state index contributed by atoms with van der Waals surface area (Å²) in [7, 11) is 0. The smallest absolute Gasteiger partial charge is 0.145 e. The third-order valence-corrected chi connectivity index (χ3v) is 2.89. The third-order valence-electron chi connectivity index (χ3n) is 2.89. The molecule has 80 valence electrons. The molecule has 2 atom stereocenters. The Bertz CT molecular complexity index is 531. The van der Waals surface area contributed by atoms with Crippen LogP contribution < -0.4 is 5.73 Å². The zero-order valence-corrected chi connectivity index (χ0v) is 8.47. The van der Waals surface area contributed by atoms with E-state index < -0.39 is 0 Å². The molecule has 0 aromatic carbocycles. The summed E-state index contributed by atoms with van der Waals surface area (Å²) < 4.78 is 13.1. The van der Waals surface area contributed by atoms with Crippen LogP contribution in [0, 0.1) is 0 Å². The minimum Gasteiger partial charge on any atom is -0.382 e. The predicted molar refractivity (Wildman–Crippen MR) is 59.8 cm³/mol. The molecule has 4 heteroatoms. The van der Waals surface area contributed by atoms with Crippen LogP contribution in [0.3, 0.4) is 0 Å². The molecule has 2 heterocycles. The standard InChI is InChI=1S/C12H10FN3/c13-7-3-4-8-9-2-1-5-15-11(9)12(14)16-10(8)6-7/h1-6,8,10H,(H2,14,16). The highest BCUT2D eigenvalue weighted by Gasteiger charge is 2.29. The van der Waals surface area contributed by atoms with Crippen LogP contribution in [0.5, 0.6) is 0 Å². The molecule has 1 aromatic rings. The molecule has 0 bridgehead atoms. The Labute approximate surface area is 92.2 Å².